The van der Waals surface area contributed by atoms with E-state index >= 15 is 0 Å². The third-order valence-electron chi connectivity index (χ3n) is 7.41. The number of thioether (sulfide) groups is 1. The summed E-state index contributed by atoms with van der Waals surface area (Å²) in [7, 11) is 0. The highest BCUT2D eigenvalue weighted by molar-refractivity contribution is 8.00. The van der Waals surface area contributed by atoms with Crippen molar-refractivity contribution in [2.45, 2.75) is 49.4 Å². The van der Waals surface area contributed by atoms with Gasteiger partial charge >= 0.3 is 5.91 Å². The summed E-state index contributed by atoms with van der Waals surface area (Å²) >= 11 is 2.38. The van der Waals surface area contributed by atoms with E-state index in [1.54, 1.807) is 54.6 Å². The summed E-state index contributed by atoms with van der Waals surface area (Å²) in [5.41, 5.74) is 2.22. The number of aliphatic hydroxyl groups is 1. The number of hydrogen-bond acceptors (Lipinski definition) is 10. The first-order valence-electron chi connectivity index (χ1n) is 14.5. The van der Waals surface area contributed by atoms with Crippen LogP contribution >= 0.6 is 23.1 Å². The molecule has 0 saturated carbocycles. The van der Waals surface area contributed by atoms with Crippen LogP contribution in [0.4, 0.5) is 9.52 Å². The molecule has 12 heteroatoms. The van der Waals surface area contributed by atoms with Gasteiger partial charge in [0.15, 0.2) is 15.8 Å². The number of carbonyl (C=O) groups is 2. The van der Waals surface area contributed by atoms with Crippen LogP contribution < -0.4 is 19.1 Å². The number of ketones is 1. The van der Waals surface area contributed by atoms with Gasteiger partial charge in [0.1, 0.15) is 23.4 Å². The maximum absolute atomic E-state index is 14.2. The zero-order valence-electron chi connectivity index (χ0n) is 24.8. The number of nitrogens with zero attached hydrogens (tertiary/aromatic N) is 3. The van der Waals surface area contributed by atoms with Crippen LogP contribution in [0.2, 0.25) is 0 Å². The maximum atomic E-state index is 14.2. The fourth-order valence-corrected chi connectivity index (χ4v) is 7.27. The molecule has 1 aromatic heterocycles. The van der Waals surface area contributed by atoms with Gasteiger partial charge in [-0.1, -0.05) is 47.4 Å². The van der Waals surface area contributed by atoms with E-state index in [9.17, 15) is 19.1 Å². The fraction of sp³-hybridized carbons (Fsp3) is 0.273. The Morgan fingerprint density at radius 1 is 1.07 bits per heavy atom. The average Bonchev–Trinajstić information content (AvgIpc) is 3.72. The van der Waals surface area contributed by atoms with E-state index in [2.05, 4.69) is 10.2 Å². The molecule has 4 aromatic rings. The normalized spacial score (nSPS) is 18.6. The van der Waals surface area contributed by atoms with Gasteiger partial charge in [0.2, 0.25) is 5.13 Å². The number of halogens is 1. The lowest BCUT2D eigenvalue weighted by Gasteiger charge is -2.23. The predicted octanol–water partition coefficient (Wildman–Crippen LogP) is 6.72. The molecular weight excluding hydrogens is 618 g/mol. The van der Waals surface area contributed by atoms with Gasteiger partial charge in [0.25, 0.3) is 5.78 Å². The molecule has 0 bridgehead atoms. The summed E-state index contributed by atoms with van der Waals surface area (Å²) in [5.74, 6) is -0.375. The molecule has 1 saturated heterocycles. The topological polar surface area (TPSA) is 111 Å². The highest BCUT2D eigenvalue weighted by Gasteiger charge is 2.48. The Hall–Kier alpha value is -4.42. The molecule has 3 aromatic carbocycles. The Morgan fingerprint density at radius 3 is 2.62 bits per heavy atom. The van der Waals surface area contributed by atoms with Gasteiger partial charge < -0.3 is 19.3 Å². The molecule has 0 aliphatic carbocycles. The van der Waals surface area contributed by atoms with Crippen LogP contribution in [0.1, 0.15) is 49.1 Å². The summed E-state index contributed by atoms with van der Waals surface area (Å²) in [5, 5.41) is 20.3. The van der Waals surface area contributed by atoms with E-state index < -0.39 is 17.7 Å². The lowest BCUT2D eigenvalue weighted by Crippen LogP contribution is -2.29. The molecule has 0 spiro atoms. The molecule has 1 N–H and O–H groups in total. The predicted molar refractivity (Wildman–Crippen MR) is 170 cm³/mol. The van der Waals surface area contributed by atoms with Crippen LogP contribution in [-0.2, 0) is 21.8 Å². The van der Waals surface area contributed by atoms with Crippen molar-refractivity contribution < 1.29 is 33.3 Å². The van der Waals surface area contributed by atoms with Crippen LogP contribution in [0.5, 0.6) is 17.2 Å². The lowest BCUT2D eigenvalue weighted by molar-refractivity contribution is -0.132. The second-order valence-electron chi connectivity index (χ2n) is 10.4. The molecule has 232 valence electrons. The number of carbonyl (C=O) groups excluding carboxylic acids is 2. The quantitative estimate of drug-likeness (QED) is 0.0660. The second-order valence-corrected chi connectivity index (χ2v) is 12.6. The van der Waals surface area contributed by atoms with Gasteiger partial charge in [-0.25, -0.2) is 4.39 Å². The number of ether oxygens (including phenoxy) is 3. The summed E-state index contributed by atoms with van der Waals surface area (Å²) in [6.07, 6.45) is 0.648. The Bertz CT molecular complexity index is 1810. The first kappa shape index (κ1) is 30.6. The number of amides is 1. The zero-order chi connectivity index (χ0) is 31.7. The van der Waals surface area contributed by atoms with Gasteiger partial charge in [-0.2, -0.15) is 0 Å². The number of Topliss-reactive ketones (excluding diaryl/α,β-unsaturated/α-hetero) is 1. The fourth-order valence-electron chi connectivity index (χ4n) is 5.42. The van der Waals surface area contributed by atoms with Gasteiger partial charge in [-0.05, 0) is 73.9 Å². The van der Waals surface area contributed by atoms with E-state index in [0.29, 0.717) is 57.9 Å². The van der Waals surface area contributed by atoms with Crippen LogP contribution in [0.15, 0.2) is 70.6 Å². The van der Waals surface area contributed by atoms with Crippen LogP contribution in [-0.4, -0.2) is 46.3 Å². The molecule has 6 rings (SSSR count). The molecule has 2 aliphatic rings. The molecule has 45 heavy (non-hydrogen) atoms. The van der Waals surface area contributed by atoms with Crippen LogP contribution in [0, 0.1) is 5.82 Å². The SMILES string of the molecule is CCOc1ccc(C2/C(=C(\O)c3ccc4c(c3)CC(C)O4)C(=O)C(=O)N2c2nnc(SCc3ccccc3F)s2)cc1OCC. The number of fused-ring (bicyclic) bond motifs is 1. The van der Waals surface area contributed by atoms with E-state index in [1.807, 2.05) is 20.8 Å². The van der Waals surface area contributed by atoms with Crippen molar-refractivity contribution in [1.29, 1.82) is 0 Å². The zero-order valence-corrected chi connectivity index (χ0v) is 26.4. The smallest absolute Gasteiger partial charge is 0.301 e. The van der Waals surface area contributed by atoms with Crippen molar-refractivity contribution in [3.05, 3.63) is 94.3 Å². The summed E-state index contributed by atoms with van der Waals surface area (Å²) in [6, 6.07) is 15.8. The molecule has 2 unspecified atom stereocenters. The maximum Gasteiger partial charge on any atom is 0.301 e. The Balaban J connectivity index is 1.43. The standard InChI is InChI=1S/C33H30FN3O6S2/c1-4-41-25-13-10-19(16-26(25)42-5-2)28-27(29(38)20-11-12-24-22(15-20)14-18(3)43-24)30(39)31(40)37(28)32-35-36-33(45-32)44-17-21-8-6-7-9-23(21)34/h6-13,15-16,18,28,38H,4-5,14,17H2,1-3H3/b29-27+. The second kappa shape index (κ2) is 12.9. The van der Waals surface area contributed by atoms with Gasteiger partial charge in [0, 0.05) is 17.7 Å². The van der Waals surface area contributed by atoms with Gasteiger partial charge in [0.05, 0.1) is 24.8 Å². The van der Waals surface area contributed by atoms with Crippen molar-refractivity contribution in [3.8, 4) is 17.2 Å². The van der Waals surface area contributed by atoms with Crippen molar-refractivity contribution in [1.82, 2.24) is 10.2 Å². The highest BCUT2D eigenvalue weighted by Crippen LogP contribution is 2.46. The largest absolute Gasteiger partial charge is 0.507 e. The lowest BCUT2D eigenvalue weighted by atomic mass is 9.94. The van der Waals surface area contributed by atoms with Crippen LogP contribution in [0.25, 0.3) is 5.76 Å². The molecule has 3 heterocycles. The van der Waals surface area contributed by atoms with Gasteiger partial charge in [-0.15, -0.1) is 10.2 Å². The molecule has 1 amide bonds. The minimum absolute atomic E-state index is 0.00771. The Kier molecular flexibility index (Phi) is 8.77. The third kappa shape index (κ3) is 5.99. The monoisotopic (exact) mass is 647 g/mol. The van der Waals surface area contributed by atoms with E-state index in [4.69, 9.17) is 14.2 Å². The van der Waals surface area contributed by atoms with Crippen LogP contribution in [0.3, 0.4) is 0 Å². The van der Waals surface area contributed by atoms with Crippen molar-refractivity contribution in [2.24, 2.45) is 0 Å². The first-order chi connectivity index (χ1) is 21.8. The van der Waals surface area contributed by atoms with Gasteiger partial charge in [-0.3, -0.25) is 14.5 Å². The average molecular weight is 648 g/mol. The molecular formula is C33H30FN3O6S2. The highest BCUT2D eigenvalue weighted by atomic mass is 32.2. The van der Waals surface area contributed by atoms with E-state index in [0.717, 1.165) is 22.6 Å². The summed E-state index contributed by atoms with van der Waals surface area (Å²) < 4.78 is 32.1. The van der Waals surface area contributed by atoms with E-state index in [-0.39, 0.29) is 28.4 Å². The number of rotatable bonds is 10. The third-order valence-corrected chi connectivity index (χ3v) is 9.51. The first-order valence-corrected chi connectivity index (χ1v) is 16.3. The summed E-state index contributed by atoms with van der Waals surface area (Å²) in [6.45, 7) is 6.43. The Morgan fingerprint density at radius 2 is 1.84 bits per heavy atom. The molecule has 2 atom stereocenters. The molecule has 0 radical (unpaired) electrons. The number of hydrogen-bond donors (Lipinski definition) is 1. The number of aliphatic hydroxyl groups excluding tert-OH is 1. The number of anilines is 1. The minimum atomic E-state index is -1.04. The molecule has 1 fully saturated rings. The number of aromatic nitrogens is 2. The minimum Gasteiger partial charge on any atom is -0.507 e. The molecule has 2 aliphatic heterocycles. The van der Waals surface area contributed by atoms with E-state index in [1.165, 1.54) is 22.7 Å². The summed E-state index contributed by atoms with van der Waals surface area (Å²) in [4.78, 5) is 28.7. The molecule has 9 nitrogen and oxygen atoms in total. The van der Waals surface area contributed by atoms with Crippen molar-refractivity contribution in [2.75, 3.05) is 18.1 Å². The Labute approximate surface area is 267 Å². The number of benzene rings is 3. The van der Waals surface area contributed by atoms with Crippen molar-refractivity contribution >= 4 is 45.7 Å². The van der Waals surface area contributed by atoms with Crippen molar-refractivity contribution in [3.63, 3.8) is 0 Å².